The Morgan fingerprint density at radius 2 is 2.24 bits per heavy atom. The van der Waals surface area contributed by atoms with Crippen LogP contribution in [-0.2, 0) is 25.6 Å². The lowest BCUT2D eigenvalue weighted by atomic mass is 10.2. The maximum absolute atomic E-state index is 11.8. The summed E-state index contributed by atoms with van der Waals surface area (Å²) < 4.78 is 15.5. The van der Waals surface area contributed by atoms with Gasteiger partial charge in [-0.1, -0.05) is 12.1 Å². The molecule has 2 N–H and O–H groups in total. The summed E-state index contributed by atoms with van der Waals surface area (Å²) in [6.45, 7) is 1.09. The first-order valence-electron chi connectivity index (χ1n) is 6.56. The quantitative estimate of drug-likeness (QED) is 0.777. The van der Waals surface area contributed by atoms with Crippen molar-refractivity contribution in [2.24, 2.45) is 0 Å². The molecule has 1 aliphatic heterocycles. The van der Waals surface area contributed by atoms with Gasteiger partial charge < -0.3 is 24.6 Å². The van der Waals surface area contributed by atoms with Crippen LogP contribution in [0.1, 0.15) is 5.56 Å². The Bertz CT molecular complexity index is 498. The average molecular weight is 295 g/mol. The van der Waals surface area contributed by atoms with E-state index in [1.165, 1.54) is 0 Å². The van der Waals surface area contributed by atoms with E-state index >= 15 is 0 Å². The number of ether oxygens (including phenoxy) is 3. The van der Waals surface area contributed by atoms with E-state index in [2.05, 4.69) is 5.32 Å². The number of rotatable bonds is 6. The summed E-state index contributed by atoms with van der Waals surface area (Å²) in [6.07, 6.45) is -0.579. The Labute approximate surface area is 121 Å². The largest absolute Gasteiger partial charge is 0.482 e. The van der Waals surface area contributed by atoms with Crippen molar-refractivity contribution in [2.75, 3.05) is 26.4 Å². The third-order valence-corrected chi connectivity index (χ3v) is 2.84. The Morgan fingerprint density at radius 3 is 2.95 bits per heavy atom. The molecule has 2 rings (SSSR count). The molecule has 7 nitrogen and oxygen atoms in total. The third-order valence-electron chi connectivity index (χ3n) is 2.84. The predicted octanol–water partition coefficient (Wildman–Crippen LogP) is 0.182. The fraction of sp³-hybridized carbons (Fsp3) is 0.429. The van der Waals surface area contributed by atoms with E-state index in [0.717, 1.165) is 5.56 Å². The van der Waals surface area contributed by atoms with Crippen LogP contribution in [0.4, 0.5) is 0 Å². The van der Waals surface area contributed by atoms with Crippen LogP contribution in [-0.4, -0.2) is 49.5 Å². The van der Waals surface area contributed by atoms with E-state index in [4.69, 9.17) is 19.3 Å². The van der Waals surface area contributed by atoms with E-state index in [1.807, 2.05) is 6.07 Å². The van der Waals surface area contributed by atoms with Gasteiger partial charge >= 0.3 is 5.97 Å². The van der Waals surface area contributed by atoms with Crippen LogP contribution in [0.2, 0.25) is 0 Å². The minimum atomic E-state index is -1.04. The van der Waals surface area contributed by atoms with Crippen LogP contribution >= 0.6 is 0 Å². The number of carboxylic acids is 1. The lowest BCUT2D eigenvalue weighted by molar-refractivity contribution is -0.147. The molecule has 1 saturated heterocycles. The first kappa shape index (κ1) is 15.3. The molecular weight excluding hydrogens is 278 g/mol. The summed E-state index contributed by atoms with van der Waals surface area (Å²) in [6, 6.07) is 6.89. The second kappa shape index (κ2) is 7.61. The molecule has 0 saturated carbocycles. The second-order valence-corrected chi connectivity index (χ2v) is 4.48. The van der Waals surface area contributed by atoms with Gasteiger partial charge in [-0.2, -0.15) is 0 Å². The zero-order valence-corrected chi connectivity index (χ0v) is 11.4. The highest BCUT2D eigenvalue weighted by molar-refractivity contribution is 5.81. The number of amides is 1. The molecule has 114 valence electrons. The Balaban J connectivity index is 1.83. The van der Waals surface area contributed by atoms with Gasteiger partial charge in [-0.15, -0.1) is 0 Å². The number of carbonyl (C=O) groups excluding carboxylic acids is 1. The Morgan fingerprint density at radius 1 is 1.38 bits per heavy atom. The van der Waals surface area contributed by atoms with Crippen LogP contribution in [0.5, 0.6) is 5.75 Å². The zero-order valence-electron chi connectivity index (χ0n) is 11.4. The first-order chi connectivity index (χ1) is 10.1. The van der Waals surface area contributed by atoms with Crippen molar-refractivity contribution in [1.82, 2.24) is 5.32 Å². The summed E-state index contributed by atoms with van der Waals surface area (Å²) >= 11 is 0. The van der Waals surface area contributed by atoms with Gasteiger partial charge in [-0.3, -0.25) is 4.79 Å². The molecule has 0 aliphatic carbocycles. The summed E-state index contributed by atoms with van der Waals surface area (Å²) in [5.74, 6) is -0.823. The van der Waals surface area contributed by atoms with Gasteiger partial charge in [0.05, 0.1) is 19.8 Å². The van der Waals surface area contributed by atoms with E-state index in [1.54, 1.807) is 18.2 Å². The van der Waals surface area contributed by atoms with E-state index < -0.39 is 18.7 Å². The molecule has 0 spiro atoms. The molecule has 0 aromatic heterocycles. The molecule has 1 aromatic rings. The van der Waals surface area contributed by atoms with Crippen LogP contribution in [0.25, 0.3) is 0 Å². The molecule has 0 bridgehead atoms. The van der Waals surface area contributed by atoms with E-state index in [0.29, 0.717) is 25.5 Å². The highest BCUT2D eigenvalue weighted by Gasteiger charge is 2.22. The lowest BCUT2D eigenvalue weighted by Gasteiger charge is -2.22. The first-order valence-corrected chi connectivity index (χ1v) is 6.56. The smallest absolute Gasteiger partial charge is 0.341 e. The standard InChI is InChI=1S/C14H17NO6/c16-13(17)9-21-11-3-1-2-10(6-11)7-15-14(18)12-8-19-4-5-20-12/h1-3,6,12H,4-5,7-9H2,(H,15,18)(H,16,17). The lowest BCUT2D eigenvalue weighted by Crippen LogP contribution is -2.42. The van der Waals surface area contributed by atoms with E-state index in [-0.39, 0.29) is 12.5 Å². The zero-order chi connectivity index (χ0) is 15.1. The van der Waals surface area contributed by atoms with Crippen molar-refractivity contribution < 1.29 is 28.9 Å². The van der Waals surface area contributed by atoms with Gasteiger partial charge in [0.25, 0.3) is 5.91 Å². The number of benzene rings is 1. The number of hydrogen-bond donors (Lipinski definition) is 2. The van der Waals surface area contributed by atoms with Crippen LogP contribution in [0.3, 0.4) is 0 Å². The molecule has 1 aliphatic rings. The van der Waals surface area contributed by atoms with Crippen molar-refractivity contribution in [1.29, 1.82) is 0 Å². The minimum Gasteiger partial charge on any atom is -0.482 e. The molecule has 1 aromatic carbocycles. The molecule has 0 radical (unpaired) electrons. The van der Waals surface area contributed by atoms with Crippen LogP contribution < -0.4 is 10.1 Å². The summed E-state index contributed by atoms with van der Waals surface area (Å²) in [7, 11) is 0. The fourth-order valence-corrected chi connectivity index (χ4v) is 1.83. The molecular formula is C14H17NO6. The molecule has 1 unspecified atom stereocenters. The van der Waals surface area contributed by atoms with Gasteiger partial charge in [0, 0.05) is 6.54 Å². The number of carboxylic acid groups (broad SMARTS) is 1. The van der Waals surface area contributed by atoms with Crippen molar-refractivity contribution in [3.63, 3.8) is 0 Å². The SMILES string of the molecule is O=C(O)COc1cccc(CNC(=O)C2COCCO2)c1. The van der Waals surface area contributed by atoms with Crippen molar-refractivity contribution in [3.05, 3.63) is 29.8 Å². The topological polar surface area (TPSA) is 94.1 Å². The Hall–Kier alpha value is -2.12. The highest BCUT2D eigenvalue weighted by Crippen LogP contribution is 2.13. The summed E-state index contributed by atoms with van der Waals surface area (Å²) in [4.78, 5) is 22.3. The summed E-state index contributed by atoms with van der Waals surface area (Å²) in [5.41, 5.74) is 0.808. The number of hydrogen-bond acceptors (Lipinski definition) is 5. The highest BCUT2D eigenvalue weighted by atomic mass is 16.6. The molecule has 7 heteroatoms. The van der Waals surface area contributed by atoms with Gasteiger partial charge in [-0.25, -0.2) is 4.79 Å². The number of aliphatic carboxylic acids is 1. The van der Waals surface area contributed by atoms with Crippen molar-refractivity contribution >= 4 is 11.9 Å². The van der Waals surface area contributed by atoms with Gasteiger partial charge in [-0.05, 0) is 17.7 Å². The van der Waals surface area contributed by atoms with Gasteiger partial charge in [0.2, 0.25) is 0 Å². The van der Waals surface area contributed by atoms with Gasteiger partial charge in [0.1, 0.15) is 5.75 Å². The van der Waals surface area contributed by atoms with Crippen LogP contribution in [0, 0.1) is 0 Å². The predicted molar refractivity (Wildman–Crippen MR) is 72.0 cm³/mol. The van der Waals surface area contributed by atoms with Gasteiger partial charge in [0.15, 0.2) is 12.7 Å². The van der Waals surface area contributed by atoms with E-state index in [9.17, 15) is 9.59 Å². The second-order valence-electron chi connectivity index (χ2n) is 4.48. The molecule has 1 heterocycles. The van der Waals surface area contributed by atoms with Crippen molar-refractivity contribution in [3.8, 4) is 5.75 Å². The minimum absolute atomic E-state index is 0.230. The Kier molecular flexibility index (Phi) is 5.53. The molecule has 1 atom stereocenters. The molecule has 1 fully saturated rings. The normalized spacial score (nSPS) is 18.0. The third kappa shape index (κ3) is 5.05. The molecule has 1 amide bonds. The maximum Gasteiger partial charge on any atom is 0.341 e. The number of nitrogens with one attached hydrogen (secondary N) is 1. The maximum atomic E-state index is 11.8. The molecule has 21 heavy (non-hydrogen) atoms. The monoisotopic (exact) mass is 295 g/mol. The van der Waals surface area contributed by atoms with Crippen molar-refractivity contribution in [2.45, 2.75) is 12.6 Å². The fourth-order valence-electron chi connectivity index (χ4n) is 1.83. The summed E-state index contributed by atoms with van der Waals surface area (Å²) in [5, 5.41) is 11.3. The van der Waals surface area contributed by atoms with Crippen LogP contribution in [0.15, 0.2) is 24.3 Å². The average Bonchev–Trinajstić information content (AvgIpc) is 2.52. The number of carbonyl (C=O) groups is 2.